The monoisotopic (exact) mass is 793 g/mol. The fraction of sp³-hybridized carbons (Fsp3) is 0.0351. The van der Waals surface area contributed by atoms with Gasteiger partial charge in [0.25, 0.3) is 0 Å². The molecule has 0 radical (unpaired) electrons. The summed E-state index contributed by atoms with van der Waals surface area (Å²) in [5.41, 5.74) is 13.4. The van der Waals surface area contributed by atoms with Crippen molar-refractivity contribution in [3.05, 3.63) is 230 Å². The average molecular weight is 794 g/mol. The van der Waals surface area contributed by atoms with Crippen LogP contribution in [-0.2, 0) is 0 Å². The molecule has 1 aliphatic rings. The molecule has 11 aromatic rings. The Morgan fingerprint density at radius 2 is 0.984 bits per heavy atom. The number of fused-ring (bicyclic) bond motifs is 7. The summed E-state index contributed by atoms with van der Waals surface area (Å²) in [4.78, 5) is 16.2. The Morgan fingerprint density at radius 3 is 1.71 bits per heavy atom. The van der Waals surface area contributed by atoms with Gasteiger partial charge in [0.2, 0.25) is 5.95 Å². The molecular weight excluding hydrogens is 755 g/mol. The van der Waals surface area contributed by atoms with Crippen molar-refractivity contribution in [3.8, 4) is 45.3 Å². The van der Waals surface area contributed by atoms with Gasteiger partial charge in [0.1, 0.15) is 5.82 Å². The molecule has 0 aliphatic heterocycles. The first-order valence-electron chi connectivity index (χ1n) is 21.2. The summed E-state index contributed by atoms with van der Waals surface area (Å²) in [6.45, 7) is 0. The Labute approximate surface area is 359 Å². The second kappa shape index (κ2) is 14.8. The minimum atomic E-state index is -0.0723. The van der Waals surface area contributed by atoms with Gasteiger partial charge in [0, 0.05) is 38.6 Å². The van der Waals surface area contributed by atoms with Crippen molar-refractivity contribution in [3.63, 3.8) is 0 Å². The van der Waals surface area contributed by atoms with Gasteiger partial charge >= 0.3 is 0 Å². The van der Waals surface area contributed by atoms with Gasteiger partial charge in [-0.15, -0.1) is 0 Å². The lowest BCUT2D eigenvalue weighted by Crippen LogP contribution is -2.12. The van der Waals surface area contributed by atoms with Crippen LogP contribution in [0, 0.1) is 0 Å². The zero-order chi connectivity index (χ0) is 41.0. The maximum atomic E-state index is 5.50. The average Bonchev–Trinajstić information content (AvgIpc) is 3.88. The Morgan fingerprint density at radius 1 is 0.419 bits per heavy atom. The highest BCUT2D eigenvalue weighted by Gasteiger charge is 2.25. The summed E-state index contributed by atoms with van der Waals surface area (Å²) in [6.07, 6.45) is 7.60. The summed E-state index contributed by atoms with van der Waals surface area (Å²) in [5, 5.41) is 4.63. The molecule has 0 amide bonds. The van der Waals surface area contributed by atoms with E-state index in [1.807, 2.05) is 18.2 Å². The van der Waals surface area contributed by atoms with E-state index in [2.05, 4.69) is 209 Å². The first-order chi connectivity index (χ1) is 30.8. The SMILES string of the molecule is C1=CC(c2cccc(-c3ccccc3)c2)=CC(c2nc(-c3ccccc3)nc(-n3c4ccccc4c4ccc5c6ccccc6n(-c6ccccc6-c6ccccc6)c5c43)n2)C1. The number of benzene rings is 8. The maximum absolute atomic E-state index is 5.50. The fourth-order valence-electron chi connectivity index (χ4n) is 9.42. The number of hydrogen-bond donors (Lipinski definition) is 0. The largest absolute Gasteiger partial charge is 0.307 e. The van der Waals surface area contributed by atoms with E-state index in [0.29, 0.717) is 11.8 Å². The summed E-state index contributed by atoms with van der Waals surface area (Å²) < 4.78 is 4.74. The van der Waals surface area contributed by atoms with Crippen LogP contribution in [0.5, 0.6) is 0 Å². The lowest BCUT2D eigenvalue weighted by Gasteiger charge is -2.19. The molecule has 0 spiro atoms. The topological polar surface area (TPSA) is 48.5 Å². The second-order valence-corrected chi connectivity index (χ2v) is 15.9. The van der Waals surface area contributed by atoms with Crippen LogP contribution in [0.25, 0.3) is 94.5 Å². The van der Waals surface area contributed by atoms with Crippen molar-refractivity contribution in [1.82, 2.24) is 24.1 Å². The van der Waals surface area contributed by atoms with Crippen molar-refractivity contribution in [2.45, 2.75) is 12.3 Å². The third-order valence-electron chi connectivity index (χ3n) is 12.3. The van der Waals surface area contributed by atoms with Gasteiger partial charge in [-0.05, 0) is 58.5 Å². The van der Waals surface area contributed by atoms with Gasteiger partial charge in [0.05, 0.1) is 27.8 Å². The molecule has 0 bridgehead atoms. The first kappa shape index (κ1) is 35.8. The standard InChI is InChI=1S/C57H39N5/c1-4-18-38(19-5-1)41-24-16-25-42(36-41)43-26-17-27-44(37-43)56-58-55(40-22-8-3-9-23-40)59-57(60-56)62-52-33-15-12-30-47(52)49-35-34-48-46-29-11-14-32-51(46)61(53(48)54(49)62)50-31-13-10-28-45(50)39-20-6-2-7-21-39/h1-26,28-37,44H,27H2. The molecule has 0 saturated heterocycles. The minimum Gasteiger partial charge on any atom is -0.307 e. The molecule has 1 unspecified atom stereocenters. The van der Waals surface area contributed by atoms with Crippen molar-refractivity contribution in [1.29, 1.82) is 0 Å². The molecule has 62 heavy (non-hydrogen) atoms. The summed E-state index contributed by atoms with van der Waals surface area (Å²) in [5.74, 6) is 1.91. The highest BCUT2D eigenvalue weighted by atomic mass is 15.2. The molecule has 292 valence electrons. The lowest BCUT2D eigenvalue weighted by atomic mass is 9.90. The van der Waals surface area contributed by atoms with Crippen LogP contribution in [0.3, 0.4) is 0 Å². The molecule has 12 rings (SSSR count). The number of para-hydroxylation sites is 3. The maximum Gasteiger partial charge on any atom is 0.238 e. The zero-order valence-corrected chi connectivity index (χ0v) is 33.8. The van der Waals surface area contributed by atoms with E-state index >= 15 is 0 Å². The van der Waals surface area contributed by atoms with E-state index in [1.165, 1.54) is 27.5 Å². The number of rotatable bonds is 7. The third kappa shape index (κ3) is 5.97. The van der Waals surface area contributed by atoms with Crippen LogP contribution in [0.4, 0.5) is 0 Å². The smallest absolute Gasteiger partial charge is 0.238 e. The van der Waals surface area contributed by atoms with E-state index in [9.17, 15) is 0 Å². The van der Waals surface area contributed by atoms with Crippen molar-refractivity contribution in [2.75, 3.05) is 0 Å². The number of nitrogens with zero attached hydrogens (tertiary/aromatic N) is 5. The van der Waals surface area contributed by atoms with Crippen molar-refractivity contribution >= 4 is 49.2 Å². The van der Waals surface area contributed by atoms with Crippen LogP contribution < -0.4 is 0 Å². The Balaban J connectivity index is 1.12. The molecule has 0 N–H and O–H groups in total. The molecular formula is C57H39N5. The van der Waals surface area contributed by atoms with Crippen LogP contribution >= 0.6 is 0 Å². The van der Waals surface area contributed by atoms with E-state index in [-0.39, 0.29) is 5.92 Å². The molecule has 0 saturated carbocycles. The van der Waals surface area contributed by atoms with Gasteiger partial charge in [-0.2, -0.15) is 9.97 Å². The highest BCUT2D eigenvalue weighted by molar-refractivity contribution is 6.24. The van der Waals surface area contributed by atoms with E-state index in [4.69, 9.17) is 15.0 Å². The fourth-order valence-corrected chi connectivity index (χ4v) is 9.42. The highest BCUT2D eigenvalue weighted by Crippen LogP contribution is 2.43. The molecule has 3 heterocycles. The van der Waals surface area contributed by atoms with E-state index < -0.39 is 0 Å². The van der Waals surface area contributed by atoms with Crippen LogP contribution in [0.15, 0.2) is 218 Å². The number of hydrogen-bond acceptors (Lipinski definition) is 3. The minimum absolute atomic E-state index is 0.0723. The molecule has 1 aliphatic carbocycles. The van der Waals surface area contributed by atoms with Gasteiger partial charge < -0.3 is 4.57 Å². The molecule has 0 fully saturated rings. The molecule has 5 nitrogen and oxygen atoms in total. The number of allylic oxidation sites excluding steroid dienone is 4. The third-order valence-corrected chi connectivity index (χ3v) is 12.3. The van der Waals surface area contributed by atoms with Crippen LogP contribution in [0.2, 0.25) is 0 Å². The first-order valence-corrected chi connectivity index (χ1v) is 21.2. The normalized spacial score (nSPS) is 13.9. The summed E-state index contributed by atoms with van der Waals surface area (Å²) in [7, 11) is 0. The Kier molecular flexibility index (Phi) is 8.56. The Hall–Kier alpha value is -8.15. The molecule has 8 aromatic carbocycles. The predicted molar refractivity (Wildman–Crippen MR) is 256 cm³/mol. The lowest BCUT2D eigenvalue weighted by molar-refractivity contribution is 0.752. The van der Waals surface area contributed by atoms with Gasteiger partial charge in [-0.25, -0.2) is 4.98 Å². The van der Waals surface area contributed by atoms with Crippen LogP contribution in [-0.4, -0.2) is 24.1 Å². The Bertz CT molecular complexity index is 3540. The zero-order valence-electron chi connectivity index (χ0n) is 33.8. The van der Waals surface area contributed by atoms with E-state index in [1.54, 1.807) is 0 Å². The van der Waals surface area contributed by atoms with E-state index in [0.717, 1.165) is 73.0 Å². The molecule has 3 aromatic heterocycles. The van der Waals surface area contributed by atoms with Gasteiger partial charge in [-0.3, -0.25) is 4.57 Å². The van der Waals surface area contributed by atoms with Gasteiger partial charge in [-0.1, -0.05) is 194 Å². The van der Waals surface area contributed by atoms with Gasteiger partial charge in [0.15, 0.2) is 5.82 Å². The predicted octanol–water partition coefficient (Wildman–Crippen LogP) is 14.2. The molecule has 1 atom stereocenters. The summed E-state index contributed by atoms with van der Waals surface area (Å²) in [6, 6.07) is 71.0. The number of aromatic nitrogens is 5. The summed E-state index contributed by atoms with van der Waals surface area (Å²) >= 11 is 0. The molecule has 5 heteroatoms. The second-order valence-electron chi connectivity index (χ2n) is 15.9. The van der Waals surface area contributed by atoms with Crippen molar-refractivity contribution in [2.24, 2.45) is 0 Å². The van der Waals surface area contributed by atoms with Crippen molar-refractivity contribution < 1.29 is 0 Å². The van der Waals surface area contributed by atoms with Crippen LogP contribution in [0.1, 0.15) is 23.7 Å². The quantitative estimate of drug-likeness (QED) is 0.161.